The van der Waals surface area contributed by atoms with Gasteiger partial charge in [-0.2, -0.15) is 0 Å². The molecule has 0 aromatic rings. The largest absolute Gasteiger partial charge is 0.0998 e. The molecule has 0 aromatic heterocycles. The van der Waals surface area contributed by atoms with Gasteiger partial charge in [0.25, 0.3) is 0 Å². The Hall–Kier alpha value is -0.260. The highest BCUT2D eigenvalue weighted by Gasteiger charge is 2.39. The molecule has 0 bridgehead atoms. The lowest BCUT2D eigenvalue weighted by atomic mass is 9.65. The molecule has 0 spiro atoms. The predicted octanol–water partition coefficient (Wildman–Crippen LogP) is 3.14. The summed E-state index contributed by atoms with van der Waals surface area (Å²) in [7, 11) is 0. The minimum atomic E-state index is 0.679. The van der Waals surface area contributed by atoms with Crippen LogP contribution in [0.25, 0.3) is 0 Å². The molecule has 0 N–H and O–H groups in total. The van der Waals surface area contributed by atoms with Gasteiger partial charge in [-0.25, -0.2) is 0 Å². The maximum atomic E-state index is 3.98. The highest BCUT2D eigenvalue weighted by Crippen LogP contribution is 2.52. The lowest BCUT2D eigenvalue weighted by Crippen LogP contribution is -2.27. The van der Waals surface area contributed by atoms with Gasteiger partial charge in [-0.15, -0.1) is 0 Å². The summed E-state index contributed by atoms with van der Waals surface area (Å²) in [5.41, 5.74) is 2.15. The molecule has 2 aliphatic carbocycles. The Balaban J connectivity index is 1.85. The Bertz CT molecular complexity index is 155. The average molecular weight is 136 g/mol. The van der Waals surface area contributed by atoms with Crippen LogP contribution in [0, 0.1) is 11.3 Å². The van der Waals surface area contributed by atoms with Gasteiger partial charge in [-0.05, 0) is 30.6 Å². The van der Waals surface area contributed by atoms with Crippen molar-refractivity contribution in [3.05, 3.63) is 12.2 Å². The van der Waals surface area contributed by atoms with Crippen molar-refractivity contribution in [1.82, 2.24) is 0 Å². The second kappa shape index (κ2) is 1.87. The van der Waals surface area contributed by atoms with E-state index in [-0.39, 0.29) is 0 Å². The predicted molar refractivity (Wildman–Crippen MR) is 43.8 cm³/mol. The molecule has 0 aromatic carbocycles. The van der Waals surface area contributed by atoms with Gasteiger partial charge in [0.2, 0.25) is 0 Å². The van der Waals surface area contributed by atoms with Crippen molar-refractivity contribution in [2.24, 2.45) is 11.3 Å². The van der Waals surface area contributed by atoms with Crippen LogP contribution in [0.5, 0.6) is 0 Å². The second-order valence-electron chi connectivity index (χ2n) is 4.56. The number of hydrogen-bond donors (Lipinski definition) is 0. The quantitative estimate of drug-likeness (QED) is 0.511. The Labute approximate surface area is 63.3 Å². The summed E-state index contributed by atoms with van der Waals surface area (Å²) in [6.45, 7) is 6.40. The van der Waals surface area contributed by atoms with Crippen molar-refractivity contribution in [3.63, 3.8) is 0 Å². The monoisotopic (exact) mass is 136 g/mol. The molecule has 0 nitrogen and oxygen atoms in total. The van der Waals surface area contributed by atoms with Gasteiger partial charge in [0, 0.05) is 0 Å². The molecular formula is C10H16. The van der Waals surface area contributed by atoms with Crippen LogP contribution in [0.15, 0.2) is 12.2 Å². The van der Waals surface area contributed by atoms with E-state index in [9.17, 15) is 0 Å². The van der Waals surface area contributed by atoms with Crippen molar-refractivity contribution in [2.75, 3.05) is 0 Å². The first-order valence-electron chi connectivity index (χ1n) is 4.35. The molecule has 2 saturated carbocycles. The SMILES string of the molecule is C=C1CC(C)(CC2CC2)C1. The van der Waals surface area contributed by atoms with Crippen molar-refractivity contribution in [2.45, 2.75) is 39.0 Å². The van der Waals surface area contributed by atoms with E-state index in [1.807, 2.05) is 0 Å². The highest BCUT2D eigenvalue weighted by molar-refractivity contribution is 5.14. The van der Waals surface area contributed by atoms with Crippen LogP contribution >= 0.6 is 0 Å². The summed E-state index contributed by atoms with van der Waals surface area (Å²) in [6, 6.07) is 0. The van der Waals surface area contributed by atoms with Crippen LogP contribution in [-0.4, -0.2) is 0 Å². The molecule has 0 heterocycles. The Kier molecular flexibility index (Phi) is 1.21. The third-order valence-electron chi connectivity index (χ3n) is 2.83. The molecule has 2 rings (SSSR count). The first kappa shape index (κ1) is 6.45. The van der Waals surface area contributed by atoms with Crippen LogP contribution in [0.4, 0.5) is 0 Å². The van der Waals surface area contributed by atoms with Crippen molar-refractivity contribution in [1.29, 1.82) is 0 Å². The molecule has 2 aliphatic rings. The van der Waals surface area contributed by atoms with Crippen LogP contribution in [0.3, 0.4) is 0 Å². The Morgan fingerprint density at radius 1 is 1.50 bits per heavy atom. The number of rotatable bonds is 2. The Morgan fingerprint density at radius 3 is 2.50 bits per heavy atom. The summed E-state index contributed by atoms with van der Waals surface area (Å²) in [6.07, 6.45) is 7.10. The molecule has 56 valence electrons. The van der Waals surface area contributed by atoms with Gasteiger partial charge < -0.3 is 0 Å². The van der Waals surface area contributed by atoms with E-state index in [1.54, 1.807) is 0 Å². The highest BCUT2D eigenvalue weighted by atomic mass is 14.4. The lowest BCUT2D eigenvalue weighted by Gasteiger charge is -2.40. The van der Waals surface area contributed by atoms with Crippen LogP contribution < -0.4 is 0 Å². The molecule has 0 unspecified atom stereocenters. The standard InChI is InChI=1S/C10H16/c1-8-5-10(2,6-8)7-9-3-4-9/h9H,1,3-7H2,2H3. The summed E-state index contributed by atoms with van der Waals surface area (Å²) >= 11 is 0. The molecule has 0 radical (unpaired) electrons. The third-order valence-corrected chi connectivity index (χ3v) is 2.83. The molecule has 0 saturated heterocycles. The summed E-state index contributed by atoms with van der Waals surface area (Å²) < 4.78 is 0. The molecule has 10 heavy (non-hydrogen) atoms. The third kappa shape index (κ3) is 1.12. The van der Waals surface area contributed by atoms with Gasteiger partial charge in [0.05, 0.1) is 0 Å². The fourth-order valence-corrected chi connectivity index (χ4v) is 2.32. The maximum Gasteiger partial charge on any atom is -0.0249 e. The molecule has 0 heteroatoms. The van der Waals surface area contributed by atoms with E-state index in [0.29, 0.717) is 5.41 Å². The fourth-order valence-electron chi connectivity index (χ4n) is 2.32. The first-order valence-corrected chi connectivity index (χ1v) is 4.35. The van der Waals surface area contributed by atoms with E-state index < -0.39 is 0 Å². The minimum absolute atomic E-state index is 0.679. The second-order valence-corrected chi connectivity index (χ2v) is 4.56. The average Bonchev–Trinajstić information content (AvgIpc) is 2.45. The first-order chi connectivity index (χ1) is 4.68. The van der Waals surface area contributed by atoms with E-state index >= 15 is 0 Å². The van der Waals surface area contributed by atoms with Crippen molar-refractivity contribution in [3.8, 4) is 0 Å². The molecule has 0 amide bonds. The van der Waals surface area contributed by atoms with Crippen LogP contribution in [0.2, 0.25) is 0 Å². The van der Waals surface area contributed by atoms with Gasteiger partial charge in [-0.3, -0.25) is 0 Å². The maximum absolute atomic E-state index is 3.98. The van der Waals surface area contributed by atoms with E-state index in [2.05, 4.69) is 13.5 Å². The lowest BCUT2D eigenvalue weighted by molar-refractivity contribution is 0.205. The van der Waals surface area contributed by atoms with Crippen LogP contribution in [-0.2, 0) is 0 Å². The topological polar surface area (TPSA) is 0 Å². The fraction of sp³-hybridized carbons (Fsp3) is 0.800. The van der Waals surface area contributed by atoms with Crippen molar-refractivity contribution >= 4 is 0 Å². The summed E-state index contributed by atoms with van der Waals surface area (Å²) in [5.74, 6) is 1.10. The summed E-state index contributed by atoms with van der Waals surface area (Å²) in [4.78, 5) is 0. The molecule has 0 aliphatic heterocycles. The van der Waals surface area contributed by atoms with Crippen molar-refractivity contribution < 1.29 is 0 Å². The summed E-state index contributed by atoms with van der Waals surface area (Å²) in [5, 5.41) is 0. The zero-order valence-corrected chi connectivity index (χ0v) is 6.82. The zero-order valence-electron chi connectivity index (χ0n) is 6.82. The van der Waals surface area contributed by atoms with Gasteiger partial charge >= 0.3 is 0 Å². The minimum Gasteiger partial charge on any atom is -0.0998 e. The molecular weight excluding hydrogens is 120 g/mol. The van der Waals surface area contributed by atoms with Gasteiger partial charge in [0.15, 0.2) is 0 Å². The molecule has 0 atom stereocenters. The number of allylic oxidation sites excluding steroid dienone is 1. The van der Waals surface area contributed by atoms with E-state index in [1.165, 1.54) is 37.7 Å². The normalized spacial score (nSPS) is 29.9. The molecule has 2 fully saturated rings. The zero-order chi connectivity index (χ0) is 7.19. The van der Waals surface area contributed by atoms with E-state index in [4.69, 9.17) is 0 Å². The van der Waals surface area contributed by atoms with E-state index in [0.717, 1.165) is 5.92 Å². The number of hydrogen-bond acceptors (Lipinski definition) is 0. The van der Waals surface area contributed by atoms with Gasteiger partial charge in [-0.1, -0.05) is 31.9 Å². The Morgan fingerprint density at radius 2 is 2.10 bits per heavy atom. The van der Waals surface area contributed by atoms with Gasteiger partial charge in [0.1, 0.15) is 0 Å². The van der Waals surface area contributed by atoms with Crippen LogP contribution in [0.1, 0.15) is 39.0 Å². The smallest absolute Gasteiger partial charge is 0.0249 e.